The molecule has 0 radical (unpaired) electrons. The van der Waals surface area contributed by atoms with Gasteiger partial charge in [0, 0.05) is 45.4 Å². The van der Waals surface area contributed by atoms with Crippen molar-refractivity contribution in [1.29, 1.82) is 0 Å². The van der Waals surface area contributed by atoms with Crippen molar-refractivity contribution in [2.24, 2.45) is 17.8 Å². The van der Waals surface area contributed by atoms with Gasteiger partial charge in [-0.3, -0.25) is 9.59 Å². The number of hydrogen-bond acceptors (Lipinski definition) is 3. The number of ketones is 1. The molecule has 0 aromatic heterocycles. The van der Waals surface area contributed by atoms with Crippen LogP contribution in [0.3, 0.4) is 0 Å². The van der Waals surface area contributed by atoms with E-state index in [0.29, 0.717) is 21.6 Å². The summed E-state index contributed by atoms with van der Waals surface area (Å²) in [5.74, 6) is -3.98. The Kier molecular flexibility index (Phi) is 5.86. The minimum Gasteiger partial charge on any atom is -0.322 e. The molecule has 4 atom stereocenters. The van der Waals surface area contributed by atoms with Crippen LogP contribution in [-0.4, -0.2) is 16.9 Å². The van der Waals surface area contributed by atoms with Gasteiger partial charge in [-0.05, 0) is 43.4 Å². The average Bonchev–Trinajstić information content (AvgIpc) is 2.85. The quantitative estimate of drug-likeness (QED) is 0.568. The summed E-state index contributed by atoms with van der Waals surface area (Å²) in [6.45, 7) is 2.12. The number of thioether (sulfide) groups is 1. The summed E-state index contributed by atoms with van der Waals surface area (Å²) in [6, 6.07) is 6.17. The molecule has 0 saturated heterocycles. The van der Waals surface area contributed by atoms with Crippen LogP contribution in [0.4, 0.5) is 18.9 Å². The Morgan fingerprint density at radius 2 is 1.80 bits per heavy atom. The molecule has 158 valence electrons. The summed E-state index contributed by atoms with van der Waals surface area (Å²) in [4.78, 5) is 25.5. The zero-order valence-electron chi connectivity index (χ0n) is 16.1. The van der Waals surface area contributed by atoms with Crippen molar-refractivity contribution < 1.29 is 22.8 Å². The van der Waals surface area contributed by atoms with E-state index in [1.54, 1.807) is 23.9 Å². The molecule has 4 rings (SSSR count). The van der Waals surface area contributed by atoms with E-state index >= 15 is 0 Å². The van der Waals surface area contributed by atoms with E-state index in [1.807, 2.05) is 0 Å². The van der Waals surface area contributed by atoms with Crippen molar-refractivity contribution in [3.63, 3.8) is 0 Å². The van der Waals surface area contributed by atoms with Crippen LogP contribution >= 0.6 is 23.4 Å². The molecule has 1 amide bonds. The van der Waals surface area contributed by atoms with Crippen LogP contribution in [0.15, 0.2) is 35.2 Å². The lowest BCUT2D eigenvalue weighted by atomic mass is 9.86. The van der Waals surface area contributed by atoms with Gasteiger partial charge in [0.15, 0.2) is 17.5 Å². The van der Waals surface area contributed by atoms with E-state index < -0.39 is 23.4 Å². The van der Waals surface area contributed by atoms with Gasteiger partial charge >= 0.3 is 0 Å². The second-order valence-electron chi connectivity index (χ2n) is 7.98. The van der Waals surface area contributed by atoms with Crippen LogP contribution < -0.4 is 5.32 Å². The van der Waals surface area contributed by atoms with Crippen molar-refractivity contribution >= 4 is 40.7 Å². The number of Topliss-reactive ketones (excluding diaryl/α,β-unsaturated/α-hetero) is 1. The summed E-state index contributed by atoms with van der Waals surface area (Å²) < 4.78 is 39.9. The highest BCUT2D eigenvalue weighted by molar-refractivity contribution is 8.00. The Hall–Kier alpha value is -1.99. The molecule has 0 aliphatic heterocycles. The lowest BCUT2D eigenvalue weighted by Gasteiger charge is -2.27. The largest absolute Gasteiger partial charge is 0.322 e. The van der Waals surface area contributed by atoms with Gasteiger partial charge in [-0.1, -0.05) is 18.5 Å². The number of rotatable bonds is 4. The Morgan fingerprint density at radius 3 is 2.47 bits per heavy atom. The normalized spacial score (nSPS) is 25.4. The highest BCUT2D eigenvalue weighted by Crippen LogP contribution is 2.48. The van der Waals surface area contributed by atoms with Crippen LogP contribution in [0.2, 0.25) is 5.02 Å². The van der Waals surface area contributed by atoms with Gasteiger partial charge in [-0.2, -0.15) is 0 Å². The molecule has 2 saturated carbocycles. The molecule has 1 N–H and O–H groups in total. The first-order chi connectivity index (χ1) is 14.2. The van der Waals surface area contributed by atoms with Gasteiger partial charge in [0.2, 0.25) is 0 Å². The maximum atomic E-state index is 13.4. The van der Waals surface area contributed by atoms with E-state index in [9.17, 15) is 22.8 Å². The SMILES string of the molecule is C[C@H]1CC2CC(Sc3cc(C(=O)Nc4cc(F)c(F)c(F)c4)ccc3Cl)CC1C2=O. The molecule has 0 spiro atoms. The van der Waals surface area contributed by atoms with Crippen LogP contribution in [0.25, 0.3) is 0 Å². The number of anilines is 1. The van der Waals surface area contributed by atoms with Gasteiger partial charge in [0.25, 0.3) is 5.91 Å². The molecule has 2 aromatic carbocycles. The predicted molar refractivity (Wildman–Crippen MR) is 110 cm³/mol. The van der Waals surface area contributed by atoms with Crippen LogP contribution in [0.1, 0.15) is 36.5 Å². The molecular formula is C22H19ClF3NO2S. The topological polar surface area (TPSA) is 46.2 Å². The van der Waals surface area contributed by atoms with Crippen LogP contribution in [-0.2, 0) is 4.79 Å². The third-order valence-electron chi connectivity index (χ3n) is 5.90. The molecule has 3 unspecified atom stereocenters. The number of halogens is 4. The fourth-order valence-electron chi connectivity index (χ4n) is 4.41. The standard InChI is InChI=1S/C22H19ClF3NO2S/c1-10-4-12-5-14(9-15(10)21(12)28)30-19-6-11(2-3-16(19)23)22(29)27-13-7-17(24)20(26)18(25)8-13/h2-3,6-8,10,12,14-15H,4-5,9H2,1H3,(H,27,29)/t10-,12?,14?,15?/m0/s1. The molecule has 2 aliphatic rings. The van der Waals surface area contributed by atoms with Crippen molar-refractivity contribution in [2.45, 2.75) is 36.3 Å². The van der Waals surface area contributed by atoms with Gasteiger partial charge in [-0.25, -0.2) is 13.2 Å². The summed E-state index contributed by atoms with van der Waals surface area (Å²) in [5, 5.41) is 3.10. The van der Waals surface area contributed by atoms with E-state index in [0.717, 1.165) is 31.4 Å². The lowest BCUT2D eigenvalue weighted by Crippen LogP contribution is -2.28. The maximum absolute atomic E-state index is 13.4. The zero-order chi connectivity index (χ0) is 21.6. The third-order valence-corrected chi connectivity index (χ3v) is 7.66. The number of nitrogens with one attached hydrogen (secondary N) is 1. The second kappa shape index (κ2) is 8.27. The lowest BCUT2D eigenvalue weighted by molar-refractivity contribution is -0.125. The van der Waals surface area contributed by atoms with E-state index in [1.165, 1.54) is 6.07 Å². The smallest absolute Gasteiger partial charge is 0.255 e. The van der Waals surface area contributed by atoms with Crippen molar-refractivity contribution in [3.05, 3.63) is 58.4 Å². The Morgan fingerprint density at radius 1 is 1.10 bits per heavy atom. The Balaban J connectivity index is 1.49. The average molecular weight is 454 g/mol. The van der Waals surface area contributed by atoms with Crippen LogP contribution in [0, 0.1) is 35.2 Å². The molecule has 30 heavy (non-hydrogen) atoms. The van der Waals surface area contributed by atoms with E-state index in [-0.39, 0.29) is 28.3 Å². The number of fused-ring (bicyclic) bond motifs is 2. The van der Waals surface area contributed by atoms with E-state index in [2.05, 4.69) is 12.2 Å². The van der Waals surface area contributed by atoms with Gasteiger partial charge in [-0.15, -0.1) is 11.8 Å². The predicted octanol–water partition coefficient (Wildman–Crippen LogP) is 6.11. The molecular weight excluding hydrogens is 435 g/mol. The first-order valence-corrected chi connectivity index (χ1v) is 10.9. The minimum atomic E-state index is -1.59. The second-order valence-corrected chi connectivity index (χ2v) is 9.73. The fourth-order valence-corrected chi connectivity index (χ4v) is 6.03. The molecule has 0 heterocycles. The number of carbonyl (C=O) groups is 2. The number of hydrogen-bond donors (Lipinski definition) is 1. The highest BCUT2D eigenvalue weighted by Gasteiger charge is 2.45. The third kappa shape index (κ3) is 4.10. The van der Waals surface area contributed by atoms with Crippen molar-refractivity contribution in [2.75, 3.05) is 5.32 Å². The van der Waals surface area contributed by atoms with E-state index in [4.69, 9.17) is 11.6 Å². The highest BCUT2D eigenvalue weighted by atomic mass is 35.5. The minimum absolute atomic E-state index is 0.0924. The first kappa shape index (κ1) is 21.2. The molecule has 2 aliphatic carbocycles. The maximum Gasteiger partial charge on any atom is 0.255 e. The molecule has 3 nitrogen and oxygen atoms in total. The van der Waals surface area contributed by atoms with Gasteiger partial charge < -0.3 is 5.32 Å². The fraction of sp³-hybridized carbons (Fsp3) is 0.364. The summed E-state index contributed by atoms with van der Waals surface area (Å²) in [7, 11) is 0. The van der Waals surface area contributed by atoms with Crippen molar-refractivity contribution in [3.8, 4) is 0 Å². The van der Waals surface area contributed by atoms with Gasteiger partial charge in [0.1, 0.15) is 5.78 Å². The summed E-state index contributed by atoms with van der Waals surface area (Å²) in [6.07, 6.45) is 2.52. The molecule has 2 aromatic rings. The van der Waals surface area contributed by atoms with Crippen molar-refractivity contribution in [1.82, 2.24) is 0 Å². The summed E-state index contributed by atoms with van der Waals surface area (Å²) in [5.41, 5.74) is 0.0761. The Bertz CT molecular complexity index is 1010. The number of amides is 1. The number of benzene rings is 2. The Labute approximate surface area is 181 Å². The zero-order valence-corrected chi connectivity index (χ0v) is 17.6. The molecule has 8 heteroatoms. The monoisotopic (exact) mass is 453 g/mol. The first-order valence-electron chi connectivity index (χ1n) is 9.68. The number of carbonyl (C=O) groups excluding carboxylic acids is 2. The molecule has 2 fully saturated rings. The summed E-state index contributed by atoms with van der Waals surface area (Å²) >= 11 is 7.88. The molecule has 2 bridgehead atoms. The van der Waals surface area contributed by atoms with Crippen LogP contribution in [0.5, 0.6) is 0 Å². The van der Waals surface area contributed by atoms with Gasteiger partial charge in [0.05, 0.1) is 5.02 Å².